The normalized spacial score (nSPS) is 33.6. The van der Waals surface area contributed by atoms with Crippen molar-refractivity contribution in [2.45, 2.75) is 32.2 Å². The first-order chi connectivity index (χ1) is 5.88. The largest absolute Gasteiger partial charge is 1.00 e. The molecule has 1 rings (SSSR count). The summed E-state index contributed by atoms with van der Waals surface area (Å²) in [5, 5.41) is 0. The number of hydrogen-bond acceptors (Lipinski definition) is 2. The molecule has 0 aromatic rings. The molecule has 0 amide bonds. The predicted octanol–water partition coefficient (Wildman–Crippen LogP) is -2.11. The number of ether oxygens (including phenoxy) is 2. The van der Waals surface area contributed by atoms with Crippen LogP contribution in [0.4, 0.5) is 0 Å². The average Bonchev–Trinajstić information content (AvgIpc) is 1.94. The van der Waals surface area contributed by atoms with Gasteiger partial charge in [-0.15, -0.1) is 0 Å². The van der Waals surface area contributed by atoms with Gasteiger partial charge in [-0.1, -0.05) is 0 Å². The lowest BCUT2D eigenvalue weighted by molar-refractivity contribution is -0.874. The SMILES string of the molecule is C[C@H]1OC[C@@H](C[N+](C)(C)C)O[C@@H]1C.[I-]. The Bertz CT molecular complexity index is 170. The molecule has 0 unspecified atom stereocenters. The highest BCUT2D eigenvalue weighted by molar-refractivity contribution is 4.70. The Morgan fingerprint density at radius 3 is 2.14 bits per heavy atom. The number of hydrogen-bond donors (Lipinski definition) is 0. The van der Waals surface area contributed by atoms with Crippen LogP contribution in [-0.4, -0.2) is 57.1 Å². The van der Waals surface area contributed by atoms with Crippen LogP contribution in [0.2, 0.25) is 0 Å². The molecule has 1 fully saturated rings. The van der Waals surface area contributed by atoms with E-state index in [2.05, 4.69) is 35.0 Å². The molecule has 0 aliphatic carbocycles. The Kier molecular flexibility index (Phi) is 5.87. The summed E-state index contributed by atoms with van der Waals surface area (Å²) in [4.78, 5) is 0. The van der Waals surface area contributed by atoms with Crippen LogP contribution in [0, 0.1) is 0 Å². The van der Waals surface area contributed by atoms with E-state index in [1.165, 1.54) is 0 Å². The van der Waals surface area contributed by atoms with Gasteiger partial charge in [-0.05, 0) is 13.8 Å². The molecule has 0 aromatic carbocycles. The molecule has 0 N–H and O–H groups in total. The molecule has 1 saturated heterocycles. The summed E-state index contributed by atoms with van der Waals surface area (Å²) in [5.41, 5.74) is 0. The fourth-order valence-corrected chi connectivity index (χ4v) is 1.55. The Balaban J connectivity index is 0.00000169. The number of halogens is 1. The van der Waals surface area contributed by atoms with Crippen molar-refractivity contribution in [2.24, 2.45) is 0 Å². The van der Waals surface area contributed by atoms with E-state index >= 15 is 0 Å². The van der Waals surface area contributed by atoms with Gasteiger partial charge in [0.05, 0.1) is 40.0 Å². The summed E-state index contributed by atoms with van der Waals surface area (Å²) in [6.07, 6.45) is 0.722. The third-order valence-electron chi connectivity index (χ3n) is 2.36. The molecule has 1 aliphatic rings. The first-order valence-corrected chi connectivity index (χ1v) is 4.96. The molecule has 3 nitrogen and oxygen atoms in total. The van der Waals surface area contributed by atoms with Gasteiger partial charge >= 0.3 is 0 Å². The van der Waals surface area contributed by atoms with Crippen molar-refractivity contribution in [3.63, 3.8) is 0 Å². The molecular weight excluding hydrogens is 293 g/mol. The molecule has 14 heavy (non-hydrogen) atoms. The summed E-state index contributed by atoms with van der Waals surface area (Å²) < 4.78 is 12.4. The lowest BCUT2D eigenvalue weighted by Gasteiger charge is -2.36. The molecule has 0 bridgehead atoms. The molecule has 1 heterocycles. The molecule has 3 atom stereocenters. The number of nitrogens with zero attached hydrogens (tertiary/aromatic N) is 1. The first-order valence-electron chi connectivity index (χ1n) is 4.96. The van der Waals surface area contributed by atoms with Gasteiger partial charge in [0.2, 0.25) is 0 Å². The van der Waals surface area contributed by atoms with E-state index in [9.17, 15) is 0 Å². The molecule has 0 radical (unpaired) electrons. The van der Waals surface area contributed by atoms with Crippen LogP contribution in [0.5, 0.6) is 0 Å². The highest BCUT2D eigenvalue weighted by Gasteiger charge is 2.29. The fourth-order valence-electron chi connectivity index (χ4n) is 1.55. The Hall–Kier alpha value is 0.610. The van der Waals surface area contributed by atoms with Crippen LogP contribution in [0.15, 0.2) is 0 Å². The van der Waals surface area contributed by atoms with E-state index in [1.807, 2.05) is 0 Å². The lowest BCUT2D eigenvalue weighted by atomic mass is 10.2. The summed E-state index contributed by atoms with van der Waals surface area (Å²) in [5.74, 6) is 0. The quantitative estimate of drug-likeness (QED) is 0.429. The molecule has 0 spiro atoms. The highest BCUT2D eigenvalue weighted by atomic mass is 127. The van der Waals surface area contributed by atoms with Gasteiger partial charge in [0.15, 0.2) is 0 Å². The van der Waals surface area contributed by atoms with E-state index in [-0.39, 0.29) is 42.3 Å². The zero-order valence-electron chi connectivity index (χ0n) is 9.79. The van der Waals surface area contributed by atoms with E-state index in [1.54, 1.807) is 0 Å². The standard InChI is InChI=1S/C10H22NO2.HI/c1-8-9(2)13-10(7-12-8)6-11(3,4)5;/h8-10H,6-7H2,1-5H3;1H/q+1;/p-1/t8-,9-,10-;/m1./s1. The topological polar surface area (TPSA) is 18.5 Å². The van der Waals surface area contributed by atoms with Crippen molar-refractivity contribution in [1.82, 2.24) is 0 Å². The van der Waals surface area contributed by atoms with Crippen molar-refractivity contribution in [3.8, 4) is 0 Å². The maximum atomic E-state index is 5.83. The lowest BCUT2D eigenvalue weighted by Crippen LogP contribution is -3.00. The maximum absolute atomic E-state index is 5.83. The smallest absolute Gasteiger partial charge is 0.130 e. The molecular formula is C10H22INO2. The van der Waals surface area contributed by atoms with Crippen LogP contribution in [0.1, 0.15) is 13.8 Å². The summed E-state index contributed by atoms with van der Waals surface area (Å²) >= 11 is 0. The minimum absolute atomic E-state index is 0. The number of quaternary nitrogens is 1. The van der Waals surface area contributed by atoms with Crippen LogP contribution >= 0.6 is 0 Å². The summed E-state index contributed by atoms with van der Waals surface area (Å²) in [6.45, 7) is 5.89. The zero-order chi connectivity index (χ0) is 10.1. The van der Waals surface area contributed by atoms with Gasteiger partial charge in [0.25, 0.3) is 0 Å². The minimum Gasteiger partial charge on any atom is -1.00 e. The second-order valence-corrected chi connectivity index (χ2v) is 4.97. The predicted molar refractivity (Wildman–Crippen MR) is 52.6 cm³/mol. The van der Waals surface area contributed by atoms with Crippen molar-refractivity contribution in [3.05, 3.63) is 0 Å². The molecule has 0 saturated carbocycles. The van der Waals surface area contributed by atoms with Crippen molar-refractivity contribution in [2.75, 3.05) is 34.3 Å². The third kappa shape index (κ3) is 4.91. The number of rotatable bonds is 2. The van der Waals surface area contributed by atoms with Gasteiger partial charge < -0.3 is 37.9 Å². The van der Waals surface area contributed by atoms with Crippen LogP contribution in [-0.2, 0) is 9.47 Å². The molecule has 1 aliphatic heterocycles. The van der Waals surface area contributed by atoms with E-state index in [0.29, 0.717) is 0 Å². The summed E-state index contributed by atoms with van der Waals surface area (Å²) in [6, 6.07) is 0. The van der Waals surface area contributed by atoms with Crippen LogP contribution in [0.3, 0.4) is 0 Å². The van der Waals surface area contributed by atoms with Gasteiger partial charge in [-0.3, -0.25) is 0 Å². The van der Waals surface area contributed by atoms with Crippen LogP contribution in [0.25, 0.3) is 0 Å². The molecule has 4 heteroatoms. The molecule has 0 aromatic heterocycles. The van der Waals surface area contributed by atoms with E-state index in [4.69, 9.17) is 9.47 Å². The van der Waals surface area contributed by atoms with Crippen molar-refractivity contribution in [1.29, 1.82) is 0 Å². The Morgan fingerprint density at radius 2 is 1.71 bits per heavy atom. The fraction of sp³-hybridized carbons (Fsp3) is 1.00. The van der Waals surface area contributed by atoms with Crippen molar-refractivity contribution < 1.29 is 37.9 Å². The summed E-state index contributed by atoms with van der Waals surface area (Å²) in [7, 11) is 6.52. The van der Waals surface area contributed by atoms with Gasteiger partial charge in [0, 0.05) is 0 Å². The van der Waals surface area contributed by atoms with Gasteiger partial charge in [-0.2, -0.15) is 0 Å². The van der Waals surface area contributed by atoms with Gasteiger partial charge in [-0.25, -0.2) is 0 Å². The molecule has 86 valence electrons. The maximum Gasteiger partial charge on any atom is 0.130 e. The second kappa shape index (κ2) is 5.63. The van der Waals surface area contributed by atoms with E-state index in [0.717, 1.165) is 17.6 Å². The van der Waals surface area contributed by atoms with E-state index < -0.39 is 0 Å². The van der Waals surface area contributed by atoms with Crippen LogP contribution < -0.4 is 24.0 Å². The van der Waals surface area contributed by atoms with Crippen molar-refractivity contribution >= 4 is 0 Å². The highest BCUT2D eigenvalue weighted by Crippen LogP contribution is 2.15. The second-order valence-electron chi connectivity index (χ2n) is 4.97. The Morgan fingerprint density at radius 1 is 1.14 bits per heavy atom. The third-order valence-corrected chi connectivity index (χ3v) is 2.36. The average molecular weight is 315 g/mol. The monoisotopic (exact) mass is 315 g/mol. The minimum atomic E-state index is 0. The Labute approximate surface area is 104 Å². The van der Waals surface area contributed by atoms with Gasteiger partial charge in [0.1, 0.15) is 12.6 Å². The number of likely N-dealkylation sites (N-methyl/N-ethyl adjacent to an activating group) is 1. The first kappa shape index (κ1) is 14.6. The zero-order valence-corrected chi connectivity index (χ0v) is 11.9.